The summed E-state index contributed by atoms with van der Waals surface area (Å²) in [5, 5.41) is 11.4. The zero-order valence-corrected chi connectivity index (χ0v) is 14.3. The fourth-order valence-electron chi connectivity index (χ4n) is 3.24. The molecule has 1 aliphatic heterocycles. The monoisotopic (exact) mass is 349 g/mol. The molecule has 0 aromatic carbocycles. The molecule has 0 radical (unpaired) electrons. The summed E-state index contributed by atoms with van der Waals surface area (Å²) in [6.45, 7) is 1.39. The Morgan fingerprint density at radius 2 is 1.86 bits per heavy atom. The smallest absolute Gasteiger partial charge is 0.240 e. The SMILES string of the molecule is Cl.Cl.NC1(C(=O)NCc2nnc3n2CCCCC3)CCCC1. The Kier molecular flexibility index (Phi) is 7.09. The van der Waals surface area contributed by atoms with Crippen LogP contribution < -0.4 is 11.1 Å². The highest BCUT2D eigenvalue weighted by Crippen LogP contribution is 2.27. The summed E-state index contributed by atoms with van der Waals surface area (Å²) in [7, 11) is 0. The van der Waals surface area contributed by atoms with Crippen LogP contribution in [0.4, 0.5) is 0 Å². The van der Waals surface area contributed by atoms with Crippen LogP contribution in [0.15, 0.2) is 0 Å². The van der Waals surface area contributed by atoms with Crippen LogP contribution in [-0.2, 0) is 24.3 Å². The van der Waals surface area contributed by atoms with Gasteiger partial charge in [0.1, 0.15) is 5.82 Å². The maximum Gasteiger partial charge on any atom is 0.240 e. The van der Waals surface area contributed by atoms with Gasteiger partial charge < -0.3 is 15.6 Å². The van der Waals surface area contributed by atoms with E-state index >= 15 is 0 Å². The van der Waals surface area contributed by atoms with Crippen molar-refractivity contribution in [2.24, 2.45) is 5.73 Å². The number of aryl methyl sites for hydroxylation is 1. The lowest BCUT2D eigenvalue weighted by molar-refractivity contribution is -0.126. The number of hydrogen-bond acceptors (Lipinski definition) is 4. The van der Waals surface area contributed by atoms with Crippen LogP contribution in [0.25, 0.3) is 0 Å². The van der Waals surface area contributed by atoms with Crippen LogP contribution in [-0.4, -0.2) is 26.2 Å². The molecule has 1 aromatic heterocycles. The van der Waals surface area contributed by atoms with Crippen LogP contribution in [0.5, 0.6) is 0 Å². The molecular formula is C14H25Cl2N5O. The summed E-state index contributed by atoms with van der Waals surface area (Å²) in [6, 6.07) is 0. The number of halogens is 2. The third-order valence-electron chi connectivity index (χ3n) is 4.54. The van der Waals surface area contributed by atoms with Gasteiger partial charge in [-0.25, -0.2) is 0 Å². The summed E-state index contributed by atoms with van der Waals surface area (Å²) in [6.07, 6.45) is 8.23. The molecule has 0 unspecified atom stereocenters. The molecule has 1 amide bonds. The lowest BCUT2D eigenvalue weighted by atomic mass is 9.98. The number of hydrogen-bond donors (Lipinski definition) is 2. The van der Waals surface area contributed by atoms with Crippen molar-refractivity contribution < 1.29 is 4.79 Å². The Morgan fingerprint density at radius 1 is 1.14 bits per heavy atom. The zero-order valence-electron chi connectivity index (χ0n) is 12.7. The first-order chi connectivity index (χ1) is 9.69. The molecule has 8 heteroatoms. The van der Waals surface area contributed by atoms with Crippen molar-refractivity contribution in [3.63, 3.8) is 0 Å². The van der Waals surface area contributed by atoms with Crippen molar-refractivity contribution >= 4 is 30.7 Å². The summed E-state index contributed by atoms with van der Waals surface area (Å²) >= 11 is 0. The van der Waals surface area contributed by atoms with Crippen LogP contribution in [0.1, 0.15) is 56.6 Å². The number of aromatic nitrogens is 3. The van der Waals surface area contributed by atoms with Gasteiger partial charge in [-0.05, 0) is 25.7 Å². The van der Waals surface area contributed by atoms with E-state index in [0.29, 0.717) is 6.54 Å². The van der Waals surface area contributed by atoms with Gasteiger partial charge in [0.05, 0.1) is 12.1 Å². The van der Waals surface area contributed by atoms with E-state index in [9.17, 15) is 4.79 Å². The highest BCUT2D eigenvalue weighted by molar-refractivity contribution is 5.86. The Labute approximate surface area is 143 Å². The van der Waals surface area contributed by atoms with Crippen LogP contribution in [0.3, 0.4) is 0 Å². The highest BCUT2D eigenvalue weighted by Gasteiger charge is 2.36. The molecular weight excluding hydrogens is 325 g/mol. The zero-order chi connectivity index (χ0) is 14.0. The van der Waals surface area contributed by atoms with Crippen molar-refractivity contribution in [1.29, 1.82) is 0 Å². The molecule has 0 saturated heterocycles. The van der Waals surface area contributed by atoms with Gasteiger partial charge in [-0.3, -0.25) is 4.79 Å². The third-order valence-corrected chi connectivity index (χ3v) is 4.54. The van der Waals surface area contributed by atoms with Crippen molar-refractivity contribution in [1.82, 2.24) is 20.1 Å². The normalized spacial score (nSPS) is 19.3. The van der Waals surface area contributed by atoms with Gasteiger partial charge >= 0.3 is 0 Å². The third kappa shape index (κ3) is 3.91. The number of rotatable bonds is 3. The minimum atomic E-state index is -0.665. The van der Waals surface area contributed by atoms with Crippen LogP contribution in [0, 0.1) is 0 Å². The predicted molar refractivity (Wildman–Crippen MR) is 89.3 cm³/mol. The molecule has 126 valence electrons. The second-order valence-corrected chi connectivity index (χ2v) is 6.04. The number of amides is 1. The maximum absolute atomic E-state index is 12.2. The van der Waals surface area contributed by atoms with E-state index in [4.69, 9.17) is 5.73 Å². The van der Waals surface area contributed by atoms with Gasteiger partial charge in [-0.15, -0.1) is 35.0 Å². The number of nitrogens with two attached hydrogens (primary N) is 1. The fraction of sp³-hybridized carbons (Fsp3) is 0.786. The Balaban J connectivity index is 0.00000121. The minimum absolute atomic E-state index is 0. The van der Waals surface area contributed by atoms with Crippen LogP contribution in [0.2, 0.25) is 0 Å². The van der Waals surface area contributed by atoms with E-state index in [1.165, 1.54) is 12.8 Å². The van der Waals surface area contributed by atoms with Gasteiger partial charge in [0, 0.05) is 13.0 Å². The first-order valence-corrected chi connectivity index (χ1v) is 7.67. The molecule has 1 saturated carbocycles. The molecule has 3 N–H and O–H groups in total. The van der Waals surface area contributed by atoms with E-state index in [2.05, 4.69) is 20.1 Å². The second-order valence-electron chi connectivity index (χ2n) is 6.04. The summed E-state index contributed by atoms with van der Waals surface area (Å²) in [4.78, 5) is 12.2. The van der Waals surface area contributed by atoms with Gasteiger partial charge in [-0.1, -0.05) is 19.3 Å². The summed E-state index contributed by atoms with van der Waals surface area (Å²) in [5.41, 5.74) is 5.48. The van der Waals surface area contributed by atoms with E-state index in [0.717, 1.165) is 56.7 Å². The number of nitrogens with one attached hydrogen (secondary N) is 1. The second kappa shape index (κ2) is 8.13. The minimum Gasteiger partial charge on any atom is -0.347 e. The summed E-state index contributed by atoms with van der Waals surface area (Å²) < 4.78 is 2.16. The van der Waals surface area contributed by atoms with E-state index < -0.39 is 5.54 Å². The molecule has 2 aliphatic rings. The molecule has 0 spiro atoms. The summed E-state index contributed by atoms with van der Waals surface area (Å²) in [5.74, 6) is 1.87. The topological polar surface area (TPSA) is 85.8 Å². The molecule has 2 heterocycles. The van der Waals surface area contributed by atoms with Gasteiger partial charge in [0.2, 0.25) is 5.91 Å². The van der Waals surface area contributed by atoms with E-state index in [1.807, 2.05) is 0 Å². The first kappa shape index (κ1) is 19.2. The Bertz CT molecular complexity index is 499. The van der Waals surface area contributed by atoms with Crippen molar-refractivity contribution in [3.8, 4) is 0 Å². The number of fused-ring (bicyclic) bond motifs is 1. The standard InChI is InChI=1S/C14H23N5O.2ClH/c15-14(7-3-4-8-14)13(20)16-10-12-18-17-11-6-2-1-5-9-19(11)12;;/h1-10,15H2,(H,16,20);2*1H. The maximum atomic E-state index is 12.2. The van der Waals surface area contributed by atoms with Gasteiger partial charge in [0.15, 0.2) is 5.82 Å². The van der Waals surface area contributed by atoms with Gasteiger partial charge in [0.25, 0.3) is 0 Å². The highest BCUT2D eigenvalue weighted by atomic mass is 35.5. The van der Waals surface area contributed by atoms with E-state index in [-0.39, 0.29) is 30.7 Å². The van der Waals surface area contributed by atoms with Crippen molar-refractivity contribution in [3.05, 3.63) is 11.6 Å². The Hall–Kier alpha value is -0.850. The number of carbonyl (C=O) groups is 1. The lowest BCUT2D eigenvalue weighted by Gasteiger charge is -2.22. The van der Waals surface area contributed by atoms with Crippen molar-refractivity contribution in [2.75, 3.05) is 0 Å². The fourth-order valence-corrected chi connectivity index (χ4v) is 3.24. The molecule has 22 heavy (non-hydrogen) atoms. The largest absolute Gasteiger partial charge is 0.347 e. The van der Waals surface area contributed by atoms with E-state index in [1.54, 1.807) is 0 Å². The average molecular weight is 350 g/mol. The first-order valence-electron chi connectivity index (χ1n) is 7.67. The molecule has 6 nitrogen and oxygen atoms in total. The lowest BCUT2D eigenvalue weighted by Crippen LogP contribution is -2.51. The van der Waals surface area contributed by atoms with Crippen LogP contribution >= 0.6 is 24.8 Å². The van der Waals surface area contributed by atoms with Gasteiger partial charge in [-0.2, -0.15) is 0 Å². The molecule has 1 aromatic rings. The molecule has 1 aliphatic carbocycles. The quantitative estimate of drug-likeness (QED) is 0.869. The predicted octanol–water partition coefficient (Wildman–Crippen LogP) is 1.74. The molecule has 3 rings (SSSR count). The number of carbonyl (C=O) groups excluding carboxylic acids is 1. The molecule has 0 atom stereocenters. The molecule has 1 fully saturated rings. The molecule has 0 bridgehead atoms. The average Bonchev–Trinajstić information content (AvgIpc) is 2.97. The number of nitrogens with zero attached hydrogens (tertiary/aromatic N) is 3. The Morgan fingerprint density at radius 3 is 2.59 bits per heavy atom. The van der Waals surface area contributed by atoms with Crippen molar-refractivity contribution in [2.45, 2.75) is 70.0 Å².